The number of carboxylic acid groups (broad SMARTS) is 1. The van der Waals surface area contributed by atoms with Crippen LogP contribution in [-0.2, 0) is 9.63 Å². The molecule has 0 bridgehead atoms. The average Bonchev–Trinajstić information content (AvgIpc) is 2.65. The molecule has 0 aliphatic rings. The Labute approximate surface area is 83.3 Å². The zero-order valence-corrected chi connectivity index (χ0v) is 7.47. The fourth-order valence-corrected chi connectivity index (χ4v) is 1.01. The number of nitrogens with one attached hydrogen (secondary N) is 2. The summed E-state index contributed by atoms with van der Waals surface area (Å²) < 4.78 is 0. The molecule has 78 valence electrons. The van der Waals surface area contributed by atoms with Crippen LogP contribution in [0, 0.1) is 0 Å². The smallest absolute Gasteiger partial charge is 0.332 e. The topological polar surface area (TPSA) is 113 Å². The number of rotatable bonds is 4. The predicted octanol–water partition coefficient (Wildman–Crippen LogP) is -0.219. The van der Waals surface area contributed by atoms with Gasteiger partial charge in [-0.1, -0.05) is 0 Å². The van der Waals surface area contributed by atoms with Crippen LogP contribution < -0.4 is 5.48 Å². The Balaban J connectivity index is 2.13. The van der Waals surface area contributed by atoms with E-state index in [0.29, 0.717) is 17.0 Å². The molecule has 0 amide bonds. The number of H-pyrrole nitrogens is 1. The van der Waals surface area contributed by atoms with Gasteiger partial charge in [0, 0.05) is 0 Å². The first-order chi connectivity index (χ1) is 7.27. The number of hydrogen-bond donors (Lipinski definition) is 3. The van der Waals surface area contributed by atoms with E-state index >= 15 is 0 Å². The summed E-state index contributed by atoms with van der Waals surface area (Å²) in [4.78, 5) is 29.3. The first kappa shape index (κ1) is 9.34. The number of aliphatic carboxylic acids is 1. The Bertz CT molecular complexity index is 482. The zero-order valence-electron chi connectivity index (χ0n) is 7.47. The number of nitrogens with zero attached hydrogens (tertiary/aromatic N) is 3. The van der Waals surface area contributed by atoms with Gasteiger partial charge in [-0.05, 0) is 0 Å². The van der Waals surface area contributed by atoms with E-state index in [9.17, 15) is 4.79 Å². The lowest BCUT2D eigenvalue weighted by molar-refractivity contribution is -0.141. The molecule has 0 spiro atoms. The number of fused-ring (bicyclic) bond motifs is 1. The highest BCUT2D eigenvalue weighted by molar-refractivity contribution is 5.81. The second-order valence-electron chi connectivity index (χ2n) is 2.61. The first-order valence-corrected chi connectivity index (χ1v) is 4.01. The number of aromatic nitrogens is 4. The van der Waals surface area contributed by atoms with E-state index in [1.807, 2.05) is 0 Å². The summed E-state index contributed by atoms with van der Waals surface area (Å²) in [6.07, 6.45) is 2.76. The number of hydrogen-bond acceptors (Lipinski definition) is 6. The first-order valence-electron chi connectivity index (χ1n) is 4.01. The van der Waals surface area contributed by atoms with E-state index in [1.165, 1.54) is 12.7 Å². The predicted molar refractivity (Wildman–Crippen MR) is 48.9 cm³/mol. The maximum absolute atomic E-state index is 10.2. The molecule has 0 aliphatic carbocycles. The van der Waals surface area contributed by atoms with Crippen LogP contribution in [0.5, 0.6) is 0 Å². The number of anilines is 1. The van der Waals surface area contributed by atoms with Gasteiger partial charge < -0.3 is 10.1 Å². The van der Waals surface area contributed by atoms with Gasteiger partial charge in [0.1, 0.15) is 11.8 Å². The molecule has 0 radical (unpaired) electrons. The molecular formula is C7H7N5O3. The van der Waals surface area contributed by atoms with Crippen LogP contribution >= 0.6 is 0 Å². The van der Waals surface area contributed by atoms with Crippen molar-refractivity contribution in [3.8, 4) is 0 Å². The van der Waals surface area contributed by atoms with Crippen LogP contribution in [0.15, 0.2) is 12.7 Å². The Morgan fingerprint density at radius 2 is 2.40 bits per heavy atom. The highest BCUT2D eigenvalue weighted by Gasteiger charge is 2.05. The minimum atomic E-state index is -1.07. The van der Waals surface area contributed by atoms with Crippen LogP contribution in [0.2, 0.25) is 0 Å². The highest BCUT2D eigenvalue weighted by Crippen LogP contribution is 2.13. The Morgan fingerprint density at radius 3 is 3.20 bits per heavy atom. The van der Waals surface area contributed by atoms with Crippen molar-refractivity contribution in [2.24, 2.45) is 0 Å². The molecule has 0 saturated heterocycles. The molecule has 8 heteroatoms. The third-order valence-corrected chi connectivity index (χ3v) is 1.59. The number of aromatic amines is 1. The number of imidazole rings is 1. The lowest BCUT2D eigenvalue weighted by Crippen LogP contribution is -2.12. The van der Waals surface area contributed by atoms with Gasteiger partial charge in [0.2, 0.25) is 0 Å². The molecule has 3 N–H and O–H groups in total. The van der Waals surface area contributed by atoms with Crippen molar-refractivity contribution < 1.29 is 14.7 Å². The van der Waals surface area contributed by atoms with E-state index in [4.69, 9.17) is 5.11 Å². The van der Waals surface area contributed by atoms with Crippen LogP contribution in [0.3, 0.4) is 0 Å². The summed E-state index contributed by atoms with van der Waals surface area (Å²) in [6.45, 7) is -0.459. The summed E-state index contributed by atoms with van der Waals surface area (Å²) in [6, 6.07) is 0. The molecule has 15 heavy (non-hydrogen) atoms. The molecule has 8 nitrogen and oxygen atoms in total. The summed E-state index contributed by atoms with van der Waals surface area (Å²) in [5, 5.41) is 8.35. The van der Waals surface area contributed by atoms with E-state index in [0.717, 1.165) is 0 Å². The second-order valence-corrected chi connectivity index (χ2v) is 2.61. The standard InChI is InChI=1S/C7H7N5O3/c13-4(14)1-15-12-7-5-6(9-2-8-5)10-3-11-7/h2-3H,1H2,(H,13,14)(H2,8,9,10,11,12). The van der Waals surface area contributed by atoms with Gasteiger partial charge in [-0.3, -0.25) is 4.84 Å². The highest BCUT2D eigenvalue weighted by atomic mass is 16.7. The maximum atomic E-state index is 10.2. The molecule has 2 rings (SSSR count). The van der Waals surface area contributed by atoms with Crippen molar-refractivity contribution in [1.82, 2.24) is 19.9 Å². The molecule has 0 aliphatic heterocycles. The minimum Gasteiger partial charge on any atom is -0.479 e. The molecule has 0 unspecified atom stereocenters. The van der Waals surface area contributed by atoms with Gasteiger partial charge in [0.25, 0.3) is 0 Å². The number of carboxylic acids is 1. The molecular weight excluding hydrogens is 202 g/mol. The van der Waals surface area contributed by atoms with E-state index in [2.05, 4.69) is 30.3 Å². The van der Waals surface area contributed by atoms with Gasteiger partial charge in [0.15, 0.2) is 18.1 Å². The SMILES string of the molecule is O=C(O)CONc1ncnc2nc[nH]c12. The van der Waals surface area contributed by atoms with E-state index < -0.39 is 12.6 Å². The van der Waals surface area contributed by atoms with Gasteiger partial charge in [-0.25, -0.2) is 25.2 Å². The van der Waals surface area contributed by atoms with Gasteiger partial charge in [0.05, 0.1) is 6.33 Å². The van der Waals surface area contributed by atoms with Crippen molar-refractivity contribution in [3.05, 3.63) is 12.7 Å². The van der Waals surface area contributed by atoms with E-state index in [-0.39, 0.29) is 0 Å². The van der Waals surface area contributed by atoms with Crippen molar-refractivity contribution in [2.45, 2.75) is 0 Å². The summed E-state index contributed by atoms with van der Waals surface area (Å²) >= 11 is 0. The van der Waals surface area contributed by atoms with Gasteiger partial charge in [-0.2, -0.15) is 0 Å². The minimum absolute atomic E-state index is 0.346. The van der Waals surface area contributed by atoms with Crippen molar-refractivity contribution in [2.75, 3.05) is 12.1 Å². The van der Waals surface area contributed by atoms with Crippen molar-refractivity contribution in [1.29, 1.82) is 0 Å². The molecule has 0 aromatic carbocycles. The third-order valence-electron chi connectivity index (χ3n) is 1.59. The Hall–Kier alpha value is -2.22. The van der Waals surface area contributed by atoms with E-state index in [1.54, 1.807) is 0 Å². The monoisotopic (exact) mass is 209 g/mol. The molecule has 2 heterocycles. The summed E-state index contributed by atoms with van der Waals surface area (Å²) in [5.41, 5.74) is 3.44. The van der Waals surface area contributed by atoms with Crippen LogP contribution in [0.25, 0.3) is 11.2 Å². The largest absolute Gasteiger partial charge is 0.479 e. The van der Waals surface area contributed by atoms with Crippen LogP contribution in [-0.4, -0.2) is 37.6 Å². The van der Waals surface area contributed by atoms with Crippen molar-refractivity contribution in [3.63, 3.8) is 0 Å². The summed E-state index contributed by atoms with van der Waals surface area (Å²) in [7, 11) is 0. The Morgan fingerprint density at radius 1 is 1.53 bits per heavy atom. The number of carbonyl (C=O) groups is 1. The third kappa shape index (κ3) is 1.99. The van der Waals surface area contributed by atoms with Gasteiger partial charge >= 0.3 is 5.97 Å². The van der Waals surface area contributed by atoms with Crippen molar-refractivity contribution >= 4 is 23.0 Å². The molecule has 2 aromatic rings. The molecule has 0 saturated carbocycles. The molecule has 0 fully saturated rings. The van der Waals surface area contributed by atoms with Crippen LogP contribution in [0.1, 0.15) is 0 Å². The normalized spacial score (nSPS) is 10.4. The van der Waals surface area contributed by atoms with Gasteiger partial charge in [-0.15, -0.1) is 0 Å². The lowest BCUT2D eigenvalue weighted by Gasteiger charge is -2.03. The molecule has 2 aromatic heterocycles. The summed E-state index contributed by atoms with van der Waals surface area (Å²) in [5.74, 6) is -0.726. The second kappa shape index (κ2) is 3.88. The fraction of sp³-hybridized carbons (Fsp3) is 0.143. The fourth-order valence-electron chi connectivity index (χ4n) is 1.01. The zero-order chi connectivity index (χ0) is 10.7. The maximum Gasteiger partial charge on any atom is 0.332 e. The van der Waals surface area contributed by atoms with Crippen LogP contribution in [0.4, 0.5) is 5.82 Å². The Kier molecular flexibility index (Phi) is 2.42. The molecule has 0 atom stereocenters. The average molecular weight is 209 g/mol. The lowest BCUT2D eigenvalue weighted by atomic mass is 10.5. The quantitative estimate of drug-likeness (QED) is 0.596.